The van der Waals surface area contributed by atoms with Crippen LogP contribution in [0.3, 0.4) is 0 Å². The van der Waals surface area contributed by atoms with E-state index in [9.17, 15) is 4.39 Å². The van der Waals surface area contributed by atoms with Gasteiger partial charge in [-0.15, -0.1) is 0 Å². The van der Waals surface area contributed by atoms with Crippen LogP contribution >= 0.6 is 11.6 Å². The molecule has 1 heterocycles. The fourth-order valence-corrected chi connectivity index (χ4v) is 1.61. The average Bonchev–Trinajstić information content (AvgIpc) is 2.30. The molecule has 1 atom stereocenters. The number of hydrogen-bond acceptors (Lipinski definition) is 2. The van der Waals surface area contributed by atoms with E-state index >= 15 is 0 Å². The zero-order valence-electron chi connectivity index (χ0n) is 8.40. The Labute approximate surface area is 97.9 Å². The maximum absolute atomic E-state index is 13.4. The smallest absolute Gasteiger partial charge is 0.146 e. The van der Waals surface area contributed by atoms with Gasteiger partial charge in [0, 0.05) is 16.8 Å². The second kappa shape index (κ2) is 4.60. The number of hydrogen-bond donors (Lipinski definition) is 1. The standard InChI is InChI=1S/C12H10ClFN2/c13-9-3-1-8(2-4-9)12(15)10-5-6-16-7-11(10)14/h1-7,12H,15H2. The second-order valence-electron chi connectivity index (χ2n) is 3.43. The van der Waals surface area contributed by atoms with Gasteiger partial charge in [-0.1, -0.05) is 23.7 Å². The first-order valence-electron chi connectivity index (χ1n) is 4.79. The molecule has 4 heteroatoms. The first-order chi connectivity index (χ1) is 7.68. The van der Waals surface area contributed by atoms with E-state index in [-0.39, 0.29) is 0 Å². The highest BCUT2D eigenvalue weighted by Crippen LogP contribution is 2.22. The minimum atomic E-state index is -0.500. The molecule has 2 aromatic rings. The zero-order chi connectivity index (χ0) is 11.5. The van der Waals surface area contributed by atoms with Crippen LogP contribution in [0.15, 0.2) is 42.7 Å². The van der Waals surface area contributed by atoms with E-state index in [4.69, 9.17) is 17.3 Å². The molecular weight excluding hydrogens is 227 g/mol. The van der Waals surface area contributed by atoms with Crippen molar-refractivity contribution in [2.24, 2.45) is 5.73 Å². The van der Waals surface area contributed by atoms with E-state index in [1.807, 2.05) is 0 Å². The molecule has 0 fully saturated rings. The highest BCUT2D eigenvalue weighted by Gasteiger charge is 2.12. The Morgan fingerprint density at radius 2 is 1.88 bits per heavy atom. The Bertz CT molecular complexity index is 485. The van der Waals surface area contributed by atoms with Gasteiger partial charge in [-0.05, 0) is 23.8 Å². The number of rotatable bonds is 2. The SMILES string of the molecule is NC(c1ccc(Cl)cc1)c1ccncc1F. The van der Waals surface area contributed by atoms with E-state index < -0.39 is 11.9 Å². The quantitative estimate of drug-likeness (QED) is 0.871. The molecule has 0 aliphatic heterocycles. The molecule has 1 unspecified atom stereocenters. The van der Waals surface area contributed by atoms with Gasteiger partial charge >= 0.3 is 0 Å². The predicted molar refractivity (Wildman–Crippen MR) is 61.7 cm³/mol. The Balaban J connectivity index is 2.35. The molecule has 1 aromatic heterocycles. The van der Waals surface area contributed by atoms with Crippen LogP contribution in [-0.2, 0) is 0 Å². The predicted octanol–water partition coefficient (Wildman–Crippen LogP) is 2.92. The summed E-state index contributed by atoms with van der Waals surface area (Å²) < 4.78 is 13.4. The van der Waals surface area contributed by atoms with Crippen LogP contribution in [0.25, 0.3) is 0 Å². The largest absolute Gasteiger partial charge is 0.320 e. The fraction of sp³-hybridized carbons (Fsp3) is 0.0833. The summed E-state index contributed by atoms with van der Waals surface area (Å²) in [5.41, 5.74) is 7.20. The topological polar surface area (TPSA) is 38.9 Å². The van der Waals surface area contributed by atoms with Crippen LogP contribution in [0.1, 0.15) is 17.2 Å². The Hall–Kier alpha value is -1.45. The molecule has 0 saturated carbocycles. The maximum atomic E-state index is 13.4. The average molecular weight is 237 g/mol. The van der Waals surface area contributed by atoms with Crippen molar-refractivity contribution < 1.29 is 4.39 Å². The Morgan fingerprint density at radius 1 is 1.19 bits per heavy atom. The first kappa shape index (κ1) is 11.0. The fourth-order valence-electron chi connectivity index (χ4n) is 1.49. The number of benzene rings is 1. The van der Waals surface area contributed by atoms with Gasteiger partial charge in [0.25, 0.3) is 0 Å². The van der Waals surface area contributed by atoms with Crippen molar-refractivity contribution in [3.63, 3.8) is 0 Å². The lowest BCUT2D eigenvalue weighted by Gasteiger charge is -2.12. The van der Waals surface area contributed by atoms with Gasteiger partial charge in [0.15, 0.2) is 0 Å². The summed E-state index contributed by atoms with van der Waals surface area (Å²) in [6.45, 7) is 0. The van der Waals surface area contributed by atoms with E-state index in [0.717, 1.165) is 11.8 Å². The van der Waals surface area contributed by atoms with Crippen molar-refractivity contribution in [1.82, 2.24) is 4.98 Å². The summed E-state index contributed by atoms with van der Waals surface area (Å²) in [5.74, 6) is -0.398. The van der Waals surface area contributed by atoms with Gasteiger partial charge < -0.3 is 5.73 Å². The Kier molecular flexibility index (Phi) is 3.17. The molecule has 1 aromatic carbocycles. The summed E-state index contributed by atoms with van der Waals surface area (Å²) in [6.07, 6.45) is 2.68. The van der Waals surface area contributed by atoms with Gasteiger partial charge in [0.1, 0.15) is 5.82 Å². The van der Waals surface area contributed by atoms with E-state index in [1.54, 1.807) is 30.3 Å². The van der Waals surface area contributed by atoms with Crippen molar-refractivity contribution in [2.45, 2.75) is 6.04 Å². The van der Waals surface area contributed by atoms with Crippen molar-refractivity contribution in [3.05, 3.63) is 64.7 Å². The van der Waals surface area contributed by atoms with Crippen molar-refractivity contribution in [1.29, 1.82) is 0 Å². The molecule has 0 aliphatic carbocycles. The highest BCUT2D eigenvalue weighted by molar-refractivity contribution is 6.30. The van der Waals surface area contributed by atoms with Crippen LogP contribution in [0.2, 0.25) is 5.02 Å². The molecule has 0 radical (unpaired) electrons. The van der Waals surface area contributed by atoms with Crippen molar-refractivity contribution in [3.8, 4) is 0 Å². The van der Waals surface area contributed by atoms with Crippen LogP contribution in [0.5, 0.6) is 0 Å². The summed E-state index contributed by atoms with van der Waals surface area (Å²) in [4.78, 5) is 3.68. The number of pyridine rings is 1. The van der Waals surface area contributed by atoms with E-state index in [2.05, 4.69) is 4.98 Å². The number of aromatic nitrogens is 1. The third-order valence-electron chi connectivity index (χ3n) is 2.37. The normalized spacial score (nSPS) is 12.4. The molecule has 0 saturated heterocycles. The first-order valence-corrected chi connectivity index (χ1v) is 5.17. The van der Waals surface area contributed by atoms with Gasteiger partial charge in [-0.3, -0.25) is 4.98 Å². The lowest BCUT2D eigenvalue weighted by atomic mass is 10.0. The lowest BCUT2D eigenvalue weighted by Crippen LogP contribution is -2.13. The molecule has 0 spiro atoms. The summed E-state index contributed by atoms with van der Waals surface area (Å²) in [7, 11) is 0. The summed E-state index contributed by atoms with van der Waals surface area (Å²) >= 11 is 5.77. The molecule has 16 heavy (non-hydrogen) atoms. The van der Waals surface area contributed by atoms with Crippen LogP contribution in [0, 0.1) is 5.82 Å². The molecule has 82 valence electrons. The zero-order valence-corrected chi connectivity index (χ0v) is 9.16. The summed E-state index contributed by atoms with van der Waals surface area (Å²) in [6, 6.07) is 8.11. The molecular formula is C12H10ClFN2. The third-order valence-corrected chi connectivity index (χ3v) is 2.62. The minimum Gasteiger partial charge on any atom is -0.320 e. The van der Waals surface area contributed by atoms with Gasteiger partial charge in [-0.25, -0.2) is 4.39 Å². The van der Waals surface area contributed by atoms with Gasteiger partial charge in [-0.2, -0.15) is 0 Å². The molecule has 2 nitrogen and oxygen atoms in total. The molecule has 0 amide bonds. The summed E-state index contributed by atoms with van der Waals surface area (Å²) in [5, 5.41) is 0.631. The molecule has 2 rings (SSSR count). The van der Waals surface area contributed by atoms with Gasteiger partial charge in [0.05, 0.1) is 12.2 Å². The second-order valence-corrected chi connectivity index (χ2v) is 3.86. The molecule has 0 aliphatic rings. The minimum absolute atomic E-state index is 0.398. The number of nitrogens with zero attached hydrogens (tertiary/aromatic N) is 1. The van der Waals surface area contributed by atoms with Gasteiger partial charge in [0.2, 0.25) is 0 Å². The van der Waals surface area contributed by atoms with Crippen LogP contribution in [-0.4, -0.2) is 4.98 Å². The van der Waals surface area contributed by atoms with Crippen LogP contribution in [0.4, 0.5) is 4.39 Å². The number of nitrogens with two attached hydrogens (primary N) is 1. The third kappa shape index (κ3) is 2.21. The Morgan fingerprint density at radius 3 is 2.50 bits per heavy atom. The molecule has 0 bridgehead atoms. The highest BCUT2D eigenvalue weighted by atomic mass is 35.5. The maximum Gasteiger partial charge on any atom is 0.146 e. The van der Waals surface area contributed by atoms with Crippen molar-refractivity contribution in [2.75, 3.05) is 0 Å². The molecule has 2 N–H and O–H groups in total. The van der Waals surface area contributed by atoms with E-state index in [1.165, 1.54) is 6.20 Å². The van der Waals surface area contributed by atoms with Crippen molar-refractivity contribution >= 4 is 11.6 Å². The number of halogens is 2. The van der Waals surface area contributed by atoms with Crippen LogP contribution < -0.4 is 5.73 Å². The monoisotopic (exact) mass is 236 g/mol. The van der Waals surface area contributed by atoms with E-state index in [0.29, 0.717) is 10.6 Å². The lowest BCUT2D eigenvalue weighted by molar-refractivity contribution is 0.593.